The highest BCUT2D eigenvalue weighted by Gasteiger charge is 2.20. The average molecular weight is 296 g/mol. The van der Waals surface area contributed by atoms with Crippen molar-refractivity contribution >= 4 is 15.9 Å². The molecule has 0 amide bonds. The molecule has 17 heavy (non-hydrogen) atoms. The zero-order chi connectivity index (χ0) is 12.6. The van der Waals surface area contributed by atoms with Gasteiger partial charge in [0, 0.05) is 7.05 Å². The van der Waals surface area contributed by atoms with Gasteiger partial charge in [-0.1, -0.05) is 29.0 Å². The molecule has 0 bridgehead atoms. The monoisotopic (exact) mass is 295 g/mol. The van der Waals surface area contributed by atoms with Gasteiger partial charge < -0.3 is 5.11 Å². The first-order valence-corrected chi connectivity index (χ1v) is 6.10. The first-order valence-electron chi connectivity index (χ1n) is 5.31. The molecule has 2 rings (SSSR count). The maximum atomic E-state index is 10.4. The molecule has 1 aromatic heterocycles. The lowest BCUT2D eigenvalue weighted by molar-refractivity contribution is 0.208. The Kier molecular flexibility index (Phi) is 3.31. The van der Waals surface area contributed by atoms with Crippen LogP contribution in [0.2, 0.25) is 0 Å². The van der Waals surface area contributed by atoms with Crippen molar-refractivity contribution < 1.29 is 5.11 Å². The minimum atomic E-state index is -0.718. The Hall–Kier alpha value is -1.20. The molecule has 0 radical (unpaired) electrons. The average Bonchev–Trinajstić information content (AvgIpc) is 2.61. The highest BCUT2D eigenvalue weighted by molar-refractivity contribution is 9.10. The van der Waals surface area contributed by atoms with E-state index in [1.165, 1.54) is 0 Å². The number of benzene rings is 1. The summed E-state index contributed by atoms with van der Waals surface area (Å²) in [4.78, 5) is 0. The van der Waals surface area contributed by atoms with Crippen LogP contribution in [0.15, 0.2) is 22.8 Å². The van der Waals surface area contributed by atoms with E-state index in [1.807, 2.05) is 32.0 Å². The summed E-state index contributed by atoms with van der Waals surface area (Å²) in [6.45, 7) is 3.99. The van der Waals surface area contributed by atoms with Crippen LogP contribution in [0.1, 0.15) is 28.5 Å². The minimum Gasteiger partial charge on any atom is -0.382 e. The molecule has 1 heterocycles. The second-order valence-corrected chi connectivity index (χ2v) is 4.90. The van der Waals surface area contributed by atoms with E-state index < -0.39 is 6.10 Å². The molecule has 0 aliphatic rings. The Bertz CT molecular complexity index is 531. The van der Waals surface area contributed by atoms with Crippen LogP contribution in [0, 0.1) is 13.8 Å². The van der Waals surface area contributed by atoms with Gasteiger partial charge in [-0.3, -0.25) is 0 Å². The number of halogens is 1. The van der Waals surface area contributed by atoms with Crippen LogP contribution in [0.3, 0.4) is 0 Å². The fourth-order valence-electron chi connectivity index (χ4n) is 1.83. The topological polar surface area (TPSA) is 50.9 Å². The summed E-state index contributed by atoms with van der Waals surface area (Å²) in [6, 6.07) is 6.02. The number of aliphatic hydroxyl groups is 1. The Morgan fingerprint density at radius 2 is 2.06 bits per heavy atom. The summed E-state index contributed by atoms with van der Waals surface area (Å²) < 4.78 is 2.16. The molecule has 2 aromatic rings. The van der Waals surface area contributed by atoms with Crippen molar-refractivity contribution in [3.63, 3.8) is 0 Å². The van der Waals surface area contributed by atoms with E-state index in [0.717, 1.165) is 16.7 Å². The molecule has 1 unspecified atom stereocenters. The summed E-state index contributed by atoms with van der Waals surface area (Å²) in [7, 11) is 1.77. The van der Waals surface area contributed by atoms with E-state index in [0.29, 0.717) is 10.3 Å². The van der Waals surface area contributed by atoms with Gasteiger partial charge in [-0.25, -0.2) is 4.68 Å². The molecule has 1 N–H and O–H groups in total. The number of hydrogen-bond acceptors (Lipinski definition) is 3. The van der Waals surface area contributed by atoms with Crippen LogP contribution < -0.4 is 0 Å². The molecule has 5 heteroatoms. The van der Waals surface area contributed by atoms with Gasteiger partial charge in [0.05, 0.1) is 0 Å². The van der Waals surface area contributed by atoms with E-state index in [9.17, 15) is 5.11 Å². The summed E-state index contributed by atoms with van der Waals surface area (Å²) in [5.74, 6) is 0. The van der Waals surface area contributed by atoms with E-state index in [4.69, 9.17) is 0 Å². The molecule has 4 nitrogen and oxygen atoms in total. The largest absolute Gasteiger partial charge is 0.382 e. The summed E-state index contributed by atoms with van der Waals surface area (Å²) >= 11 is 3.30. The second-order valence-electron chi connectivity index (χ2n) is 4.15. The van der Waals surface area contributed by atoms with Crippen molar-refractivity contribution in [2.45, 2.75) is 20.0 Å². The first kappa shape index (κ1) is 12.3. The molecular weight excluding hydrogens is 282 g/mol. The third-order valence-electron chi connectivity index (χ3n) is 2.82. The number of nitrogens with zero attached hydrogens (tertiary/aromatic N) is 3. The van der Waals surface area contributed by atoms with E-state index >= 15 is 0 Å². The molecule has 1 atom stereocenters. The predicted molar refractivity (Wildman–Crippen MR) is 68.7 cm³/mol. The lowest BCUT2D eigenvalue weighted by Crippen LogP contribution is -2.08. The zero-order valence-electron chi connectivity index (χ0n) is 9.98. The zero-order valence-corrected chi connectivity index (χ0v) is 11.6. The van der Waals surface area contributed by atoms with Gasteiger partial charge in [0.1, 0.15) is 11.8 Å². The number of hydrogen-bond donors (Lipinski definition) is 1. The van der Waals surface area contributed by atoms with E-state index in [2.05, 4.69) is 26.2 Å². The standard InChI is InChI=1S/C12H14BrN3O/c1-7-4-5-8(2)9(6-7)11(17)10-12(13)14-15-16(10)3/h4-6,11,17H,1-3H3. The van der Waals surface area contributed by atoms with Crippen LogP contribution in [-0.4, -0.2) is 20.1 Å². The van der Waals surface area contributed by atoms with Crippen molar-refractivity contribution in [3.8, 4) is 0 Å². The maximum absolute atomic E-state index is 10.4. The van der Waals surface area contributed by atoms with Crippen LogP contribution in [0.4, 0.5) is 0 Å². The van der Waals surface area contributed by atoms with Gasteiger partial charge in [-0.05, 0) is 40.9 Å². The van der Waals surface area contributed by atoms with Crippen LogP contribution >= 0.6 is 15.9 Å². The lowest BCUT2D eigenvalue weighted by atomic mass is 9.99. The Morgan fingerprint density at radius 3 is 2.65 bits per heavy atom. The van der Waals surface area contributed by atoms with Crippen LogP contribution in [0.25, 0.3) is 0 Å². The van der Waals surface area contributed by atoms with Crippen molar-refractivity contribution in [2.24, 2.45) is 7.05 Å². The van der Waals surface area contributed by atoms with E-state index in [-0.39, 0.29) is 0 Å². The summed E-state index contributed by atoms with van der Waals surface area (Å²) in [5, 5.41) is 18.2. The quantitative estimate of drug-likeness (QED) is 0.925. The number of aromatic nitrogens is 3. The lowest BCUT2D eigenvalue weighted by Gasteiger charge is -2.14. The molecule has 0 saturated carbocycles. The first-order chi connectivity index (χ1) is 8.00. The third-order valence-corrected chi connectivity index (χ3v) is 3.38. The molecule has 0 spiro atoms. The van der Waals surface area contributed by atoms with Gasteiger partial charge in [-0.2, -0.15) is 0 Å². The molecule has 0 aliphatic heterocycles. The molecular formula is C12H14BrN3O. The fourth-order valence-corrected chi connectivity index (χ4v) is 2.38. The van der Waals surface area contributed by atoms with Gasteiger partial charge in [-0.15, -0.1) is 5.10 Å². The third kappa shape index (κ3) is 2.25. The number of aryl methyl sites for hydroxylation is 3. The minimum absolute atomic E-state index is 0.577. The highest BCUT2D eigenvalue weighted by atomic mass is 79.9. The fraction of sp³-hybridized carbons (Fsp3) is 0.333. The second kappa shape index (κ2) is 4.58. The van der Waals surface area contributed by atoms with Gasteiger partial charge in [0.15, 0.2) is 4.60 Å². The Morgan fingerprint density at radius 1 is 1.35 bits per heavy atom. The molecule has 0 aliphatic carbocycles. The van der Waals surface area contributed by atoms with Crippen molar-refractivity contribution in [1.82, 2.24) is 15.0 Å². The Labute approximate surface area is 108 Å². The van der Waals surface area contributed by atoms with Gasteiger partial charge in [0.2, 0.25) is 0 Å². The Balaban J connectivity index is 2.50. The summed E-state index contributed by atoms with van der Waals surface area (Å²) in [6.07, 6.45) is -0.718. The normalized spacial score (nSPS) is 12.8. The SMILES string of the molecule is Cc1ccc(C)c(C(O)c2c(Br)nnn2C)c1. The van der Waals surface area contributed by atoms with Crippen molar-refractivity contribution in [3.05, 3.63) is 45.2 Å². The number of rotatable bonds is 2. The predicted octanol–water partition coefficient (Wildman–Crippen LogP) is 2.28. The van der Waals surface area contributed by atoms with Gasteiger partial charge in [0.25, 0.3) is 0 Å². The molecule has 1 aromatic carbocycles. The maximum Gasteiger partial charge on any atom is 0.154 e. The number of aliphatic hydroxyl groups excluding tert-OH is 1. The highest BCUT2D eigenvalue weighted by Crippen LogP contribution is 2.28. The summed E-state index contributed by atoms with van der Waals surface area (Å²) in [5.41, 5.74) is 3.72. The van der Waals surface area contributed by atoms with E-state index in [1.54, 1.807) is 11.7 Å². The smallest absolute Gasteiger partial charge is 0.154 e. The van der Waals surface area contributed by atoms with Gasteiger partial charge >= 0.3 is 0 Å². The van der Waals surface area contributed by atoms with Crippen molar-refractivity contribution in [2.75, 3.05) is 0 Å². The van der Waals surface area contributed by atoms with Crippen molar-refractivity contribution in [1.29, 1.82) is 0 Å². The molecule has 90 valence electrons. The molecule has 0 saturated heterocycles. The van der Waals surface area contributed by atoms with Crippen LogP contribution in [0.5, 0.6) is 0 Å². The van der Waals surface area contributed by atoms with Crippen LogP contribution in [-0.2, 0) is 7.05 Å². The molecule has 0 fully saturated rings.